The molecule has 132 valence electrons. The number of aromatic nitrogens is 4. The van der Waals surface area contributed by atoms with E-state index in [4.69, 9.17) is 4.52 Å². The molecule has 5 rings (SSSR count). The van der Waals surface area contributed by atoms with Crippen LogP contribution >= 0.6 is 22.7 Å². The molecule has 0 amide bonds. The highest BCUT2D eigenvalue weighted by molar-refractivity contribution is 7.21. The van der Waals surface area contributed by atoms with E-state index in [2.05, 4.69) is 15.1 Å². The van der Waals surface area contributed by atoms with Gasteiger partial charge in [-0.25, -0.2) is 4.98 Å². The van der Waals surface area contributed by atoms with Crippen molar-refractivity contribution in [1.82, 2.24) is 19.7 Å². The molecule has 0 N–H and O–H groups in total. The van der Waals surface area contributed by atoms with Gasteiger partial charge in [0.15, 0.2) is 0 Å². The number of rotatable bonds is 4. The van der Waals surface area contributed by atoms with Gasteiger partial charge in [0.1, 0.15) is 11.4 Å². The van der Waals surface area contributed by atoms with Gasteiger partial charge in [-0.3, -0.25) is 9.36 Å². The van der Waals surface area contributed by atoms with Gasteiger partial charge in [-0.2, -0.15) is 16.3 Å². The molecule has 8 heteroatoms. The number of thiophene rings is 2. The fourth-order valence-corrected chi connectivity index (χ4v) is 4.42. The lowest BCUT2D eigenvalue weighted by Gasteiger charge is -2.00. The first-order chi connectivity index (χ1) is 13.3. The highest BCUT2D eigenvalue weighted by Gasteiger charge is 2.14. The summed E-state index contributed by atoms with van der Waals surface area (Å²) < 4.78 is 6.79. The van der Waals surface area contributed by atoms with Gasteiger partial charge in [0.25, 0.3) is 5.56 Å². The van der Waals surface area contributed by atoms with E-state index in [1.807, 2.05) is 53.2 Å². The predicted octanol–water partition coefficient (Wildman–Crippen LogP) is 4.28. The van der Waals surface area contributed by atoms with Crippen molar-refractivity contribution in [3.05, 3.63) is 75.8 Å². The van der Waals surface area contributed by atoms with Crippen LogP contribution in [0.2, 0.25) is 0 Å². The molecule has 0 saturated carbocycles. The van der Waals surface area contributed by atoms with E-state index in [0.29, 0.717) is 17.1 Å². The number of hydrogen-bond acceptors (Lipinski definition) is 7. The van der Waals surface area contributed by atoms with Crippen LogP contribution in [0.15, 0.2) is 68.9 Å². The van der Waals surface area contributed by atoms with E-state index in [1.54, 1.807) is 11.3 Å². The molecule has 1 aromatic carbocycles. The molecular weight excluding hydrogens is 380 g/mol. The van der Waals surface area contributed by atoms with Gasteiger partial charge in [0.05, 0.1) is 11.7 Å². The summed E-state index contributed by atoms with van der Waals surface area (Å²) in [4.78, 5) is 23.4. The van der Waals surface area contributed by atoms with Gasteiger partial charge in [0.2, 0.25) is 11.7 Å². The number of fused-ring (bicyclic) bond motifs is 1. The molecule has 0 unspecified atom stereocenters. The minimum atomic E-state index is -0.117. The van der Waals surface area contributed by atoms with Gasteiger partial charge >= 0.3 is 0 Å². The maximum atomic E-state index is 12.9. The minimum absolute atomic E-state index is 0.117. The molecule has 6 nitrogen and oxygen atoms in total. The fourth-order valence-electron chi connectivity index (χ4n) is 2.79. The quantitative estimate of drug-likeness (QED) is 0.456. The van der Waals surface area contributed by atoms with Gasteiger partial charge in [-0.1, -0.05) is 35.5 Å². The Morgan fingerprint density at radius 1 is 1.11 bits per heavy atom. The Labute approximate surface area is 161 Å². The zero-order valence-corrected chi connectivity index (χ0v) is 15.5. The second-order valence-electron chi connectivity index (χ2n) is 5.90. The van der Waals surface area contributed by atoms with Crippen LogP contribution in [0.1, 0.15) is 5.89 Å². The Morgan fingerprint density at radius 3 is 2.81 bits per heavy atom. The first-order valence-electron chi connectivity index (χ1n) is 8.17. The van der Waals surface area contributed by atoms with Crippen LogP contribution in [0.25, 0.3) is 32.0 Å². The Morgan fingerprint density at radius 2 is 2.00 bits per heavy atom. The number of nitrogens with zero attached hydrogens (tertiary/aromatic N) is 4. The number of hydrogen-bond donors (Lipinski definition) is 0. The summed E-state index contributed by atoms with van der Waals surface area (Å²) in [5.41, 5.74) is 1.86. The van der Waals surface area contributed by atoms with Gasteiger partial charge in [-0.05, 0) is 23.1 Å². The largest absolute Gasteiger partial charge is 0.337 e. The molecular formula is C19H12N4O2S2. The molecule has 4 aromatic heterocycles. The Bertz CT molecular complexity index is 1270. The standard InChI is InChI=1S/C19H12N4O2S2/c24-19-14-8-15(12-4-2-1-3-5-12)27-18(14)20-11-23(19)9-16-21-17(22-25-16)13-6-7-26-10-13/h1-8,10-11H,9H2. The third kappa shape index (κ3) is 2.98. The lowest BCUT2D eigenvalue weighted by Crippen LogP contribution is -2.20. The summed E-state index contributed by atoms with van der Waals surface area (Å²) in [6.45, 7) is 0.190. The summed E-state index contributed by atoms with van der Waals surface area (Å²) in [7, 11) is 0. The lowest BCUT2D eigenvalue weighted by molar-refractivity contribution is 0.369. The van der Waals surface area contributed by atoms with E-state index < -0.39 is 0 Å². The van der Waals surface area contributed by atoms with Crippen LogP contribution in [0, 0.1) is 0 Å². The topological polar surface area (TPSA) is 73.8 Å². The second-order valence-corrected chi connectivity index (χ2v) is 7.71. The van der Waals surface area contributed by atoms with Crippen LogP contribution in [-0.4, -0.2) is 19.7 Å². The summed E-state index contributed by atoms with van der Waals surface area (Å²) in [6, 6.07) is 13.8. The van der Waals surface area contributed by atoms with Crippen molar-refractivity contribution in [2.75, 3.05) is 0 Å². The molecule has 0 fully saturated rings. The lowest BCUT2D eigenvalue weighted by atomic mass is 10.2. The molecule has 0 aliphatic rings. The van der Waals surface area contributed by atoms with E-state index in [1.165, 1.54) is 22.2 Å². The van der Waals surface area contributed by atoms with Crippen molar-refractivity contribution in [3.8, 4) is 21.8 Å². The zero-order valence-electron chi connectivity index (χ0n) is 13.9. The van der Waals surface area contributed by atoms with Crippen LogP contribution in [0.4, 0.5) is 0 Å². The molecule has 0 bridgehead atoms. The highest BCUT2D eigenvalue weighted by Crippen LogP contribution is 2.30. The molecule has 0 saturated heterocycles. The molecule has 0 radical (unpaired) electrons. The SMILES string of the molecule is O=c1c2cc(-c3ccccc3)sc2ncn1Cc1nc(-c2ccsc2)no1. The molecule has 0 atom stereocenters. The summed E-state index contributed by atoms with van der Waals surface area (Å²) in [5, 5.41) is 8.48. The fraction of sp³-hybridized carbons (Fsp3) is 0.0526. The van der Waals surface area contributed by atoms with Crippen LogP contribution in [0.3, 0.4) is 0 Å². The average Bonchev–Trinajstić information content (AvgIpc) is 3.45. The molecule has 27 heavy (non-hydrogen) atoms. The highest BCUT2D eigenvalue weighted by atomic mass is 32.1. The van der Waals surface area contributed by atoms with Crippen molar-refractivity contribution >= 4 is 32.9 Å². The third-order valence-electron chi connectivity index (χ3n) is 4.13. The Hall–Kier alpha value is -3.10. The molecule has 5 aromatic rings. The van der Waals surface area contributed by atoms with Crippen molar-refractivity contribution < 1.29 is 4.52 Å². The van der Waals surface area contributed by atoms with Crippen LogP contribution in [-0.2, 0) is 6.54 Å². The van der Waals surface area contributed by atoms with Crippen molar-refractivity contribution in [2.45, 2.75) is 6.54 Å². The number of benzene rings is 1. The average molecular weight is 392 g/mol. The molecule has 0 spiro atoms. The van der Waals surface area contributed by atoms with E-state index >= 15 is 0 Å². The van der Waals surface area contributed by atoms with Crippen LogP contribution in [0.5, 0.6) is 0 Å². The van der Waals surface area contributed by atoms with E-state index in [-0.39, 0.29) is 12.1 Å². The van der Waals surface area contributed by atoms with Crippen molar-refractivity contribution in [1.29, 1.82) is 0 Å². The maximum absolute atomic E-state index is 12.9. The van der Waals surface area contributed by atoms with Gasteiger partial charge in [-0.15, -0.1) is 11.3 Å². The molecule has 0 aliphatic heterocycles. The first kappa shape index (κ1) is 16.1. The smallest absolute Gasteiger partial charge is 0.262 e. The predicted molar refractivity (Wildman–Crippen MR) is 106 cm³/mol. The summed E-state index contributed by atoms with van der Waals surface area (Å²) >= 11 is 3.07. The van der Waals surface area contributed by atoms with Gasteiger partial charge in [0, 0.05) is 15.8 Å². The van der Waals surface area contributed by atoms with E-state index in [0.717, 1.165) is 20.8 Å². The molecule has 4 heterocycles. The molecule has 0 aliphatic carbocycles. The van der Waals surface area contributed by atoms with Crippen LogP contribution < -0.4 is 5.56 Å². The van der Waals surface area contributed by atoms with Crippen molar-refractivity contribution in [3.63, 3.8) is 0 Å². The minimum Gasteiger partial charge on any atom is -0.337 e. The Balaban J connectivity index is 1.49. The second kappa shape index (κ2) is 6.57. The van der Waals surface area contributed by atoms with Crippen molar-refractivity contribution in [2.24, 2.45) is 0 Å². The summed E-state index contributed by atoms with van der Waals surface area (Å²) in [6.07, 6.45) is 1.53. The third-order valence-corrected chi connectivity index (χ3v) is 5.90. The zero-order chi connectivity index (χ0) is 18.2. The van der Waals surface area contributed by atoms with Gasteiger partial charge < -0.3 is 4.52 Å². The first-order valence-corrected chi connectivity index (χ1v) is 9.93. The van der Waals surface area contributed by atoms with E-state index in [9.17, 15) is 4.79 Å². The maximum Gasteiger partial charge on any atom is 0.262 e. The Kier molecular flexibility index (Phi) is 3.92. The normalized spacial score (nSPS) is 11.3. The monoisotopic (exact) mass is 392 g/mol. The summed E-state index contributed by atoms with van der Waals surface area (Å²) in [5.74, 6) is 0.896.